The molecule has 2 heterocycles. The van der Waals surface area contributed by atoms with E-state index < -0.39 is 73.6 Å². The second-order valence-corrected chi connectivity index (χ2v) is 6.62. The van der Waals surface area contributed by atoms with E-state index in [9.17, 15) is 19.2 Å². The lowest BCUT2D eigenvalue weighted by atomic mass is 10.4. The monoisotopic (exact) mass is 564 g/mol. The fourth-order valence-electron chi connectivity index (χ4n) is 1.88. The molecule has 0 atom stereocenters. The molecule has 2 aromatic rings. The summed E-state index contributed by atoms with van der Waals surface area (Å²) in [7, 11) is 0. The van der Waals surface area contributed by atoms with Gasteiger partial charge >= 0.3 is 11.4 Å². The highest BCUT2D eigenvalue weighted by atomic mass is 127. The lowest BCUT2D eigenvalue weighted by Crippen LogP contribution is -2.40. The molecule has 5 N–H and O–H groups in total. The molecule has 0 amide bonds. The van der Waals surface area contributed by atoms with Crippen molar-refractivity contribution in [1.82, 2.24) is 18.7 Å². The minimum atomic E-state index is -3.40. The molecule has 0 radical (unpaired) electrons. The van der Waals surface area contributed by atoms with Gasteiger partial charge in [-0.05, 0) is 30.0 Å². The second kappa shape index (κ2) is 15.5. The molecule has 0 spiro atoms. The molecule has 0 aliphatic rings. The first-order chi connectivity index (χ1) is 20.0. The Balaban J connectivity index is 0.000000775. The summed E-state index contributed by atoms with van der Waals surface area (Å²) >= 11 is 2.35. The standard InChI is InChI=1S/C10H17N3O2.C7H11N3O2.C3H7I/c1-3-5-12-8(11)7-9(14)13(6-4-2)10(12)15;1-2-3-10-5(8)4-6(11)9-7(10)12;1-2-3-4/h7H,3-6,11H2,1-2H3;4H,2-3,8H2,1H3,(H,9,11,12);2-3H2,1H3/i1D3,3D2,5D2;1D3,2D2,3D2;. The number of nitrogen functional groups attached to an aromatic ring is 2. The number of hydrogen-bond donors (Lipinski definition) is 3. The number of aromatic nitrogens is 4. The molecule has 2 aromatic heterocycles. The van der Waals surface area contributed by atoms with Crippen LogP contribution in [0.3, 0.4) is 0 Å². The molecule has 31 heavy (non-hydrogen) atoms. The average molecular weight is 565 g/mol. The van der Waals surface area contributed by atoms with Crippen LogP contribution in [0.1, 0.15) is 72.3 Å². The summed E-state index contributed by atoms with van der Waals surface area (Å²) in [5.74, 6) is -1.31. The lowest BCUT2D eigenvalue weighted by Gasteiger charge is -2.10. The zero-order valence-corrected chi connectivity index (χ0v) is 19.1. The summed E-state index contributed by atoms with van der Waals surface area (Å²) in [4.78, 5) is 48.2. The molecule has 0 fully saturated rings. The van der Waals surface area contributed by atoms with Crippen LogP contribution in [0.15, 0.2) is 31.3 Å². The van der Waals surface area contributed by atoms with Gasteiger partial charge in [0.1, 0.15) is 11.6 Å². The third kappa shape index (κ3) is 9.57. The molecule has 0 aliphatic heterocycles. The van der Waals surface area contributed by atoms with E-state index in [-0.39, 0.29) is 15.7 Å². The Bertz CT molecular complexity index is 1540. The second-order valence-electron chi connectivity index (χ2n) is 5.54. The summed E-state index contributed by atoms with van der Waals surface area (Å²) in [6.07, 6.45) is -5.09. The molecule has 0 unspecified atom stereocenters. The van der Waals surface area contributed by atoms with Crippen LogP contribution in [0.25, 0.3) is 0 Å². The molecular formula is C20H35IN6O4. The normalized spacial score (nSPS) is 19.3. The summed E-state index contributed by atoms with van der Waals surface area (Å²) in [6.45, 7) is -9.39. The predicted molar refractivity (Wildman–Crippen MR) is 135 cm³/mol. The van der Waals surface area contributed by atoms with Gasteiger partial charge in [-0.3, -0.25) is 28.3 Å². The van der Waals surface area contributed by atoms with Crippen molar-refractivity contribution in [1.29, 1.82) is 0 Å². The van der Waals surface area contributed by atoms with Crippen molar-refractivity contribution in [2.24, 2.45) is 0 Å². The number of halogens is 1. The fraction of sp³-hybridized carbons (Fsp3) is 0.600. The maximum atomic E-state index is 12.3. The van der Waals surface area contributed by atoms with Gasteiger partial charge in [0.25, 0.3) is 11.1 Å². The molecule has 2 rings (SSSR count). The smallest absolute Gasteiger partial charge is 0.332 e. The Morgan fingerprint density at radius 2 is 1.52 bits per heavy atom. The van der Waals surface area contributed by atoms with Crippen LogP contribution in [0.2, 0.25) is 0 Å². The van der Waals surface area contributed by atoms with Gasteiger partial charge in [0.2, 0.25) is 0 Å². The topological polar surface area (TPSA) is 151 Å². The van der Waals surface area contributed by atoms with Crippen molar-refractivity contribution >= 4 is 34.2 Å². The van der Waals surface area contributed by atoms with E-state index in [1.165, 1.54) is 10.8 Å². The van der Waals surface area contributed by atoms with Gasteiger partial charge in [0.15, 0.2) is 0 Å². The van der Waals surface area contributed by atoms with Crippen LogP contribution >= 0.6 is 22.6 Å². The number of nitrogens with zero attached hydrogens (tertiary/aromatic N) is 3. The van der Waals surface area contributed by atoms with Gasteiger partial charge < -0.3 is 11.5 Å². The van der Waals surface area contributed by atoms with E-state index in [0.29, 0.717) is 17.1 Å². The van der Waals surface area contributed by atoms with Crippen LogP contribution < -0.4 is 34.0 Å². The van der Waals surface area contributed by atoms with Crippen molar-refractivity contribution in [3.63, 3.8) is 0 Å². The number of alkyl halides is 1. The summed E-state index contributed by atoms with van der Waals surface area (Å²) in [5, 5.41) is 0. The highest BCUT2D eigenvalue weighted by Gasteiger charge is 2.07. The van der Waals surface area contributed by atoms with Gasteiger partial charge in [0.05, 0.1) is 0 Å². The van der Waals surface area contributed by atoms with Crippen LogP contribution in [0.5, 0.6) is 0 Å². The predicted octanol–water partition coefficient (Wildman–Crippen LogP) is 1.77. The number of aromatic amines is 1. The minimum Gasteiger partial charge on any atom is -0.385 e. The molecule has 0 aliphatic carbocycles. The molecule has 11 heteroatoms. The van der Waals surface area contributed by atoms with Crippen molar-refractivity contribution in [3.05, 3.63) is 53.8 Å². The molecule has 0 saturated heterocycles. The number of hydrogen-bond acceptors (Lipinski definition) is 6. The number of nitrogens with one attached hydrogen (secondary N) is 1. The van der Waals surface area contributed by atoms with Crippen LogP contribution in [-0.4, -0.2) is 23.1 Å². The van der Waals surface area contributed by atoms with Crippen LogP contribution in [-0.2, 0) is 19.5 Å². The first-order valence-electron chi connectivity index (χ1n) is 15.8. The maximum absolute atomic E-state index is 12.3. The van der Waals surface area contributed by atoms with Gasteiger partial charge in [0, 0.05) is 50.9 Å². The quantitative estimate of drug-likeness (QED) is 0.345. The maximum Gasteiger partial charge on any atom is 0.332 e. The van der Waals surface area contributed by atoms with E-state index in [2.05, 4.69) is 29.5 Å². The van der Waals surface area contributed by atoms with Crippen LogP contribution in [0.4, 0.5) is 11.6 Å². The molecule has 0 saturated carbocycles. The molecule has 10 nitrogen and oxygen atoms in total. The molecule has 176 valence electrons. The Kier molecular flexibility index (Phi) is 6.32. The summed E-state index contributed by atoms with van der Waals surface area (Å²) in [6, 6.07) is 1.43. The number of anilines is 2. The zero-order valence-electron chi connectivity index (χ0n) is 31.0. The van der Waals surface area contributed by atoms with E-state index in [1.807, 2.05) is 0 Å². The van der Waals surface area contributed by atoms with E-state index in [4.69, 9.17) is 30.7 Å². The minimum absolute atomic E-state index is 0.0230. The summed E-state index contributed by atoms with van der Waals surface area (Å²) < 4.78 is 105. The zero-order chi connectivity index (χ0) is 36.1. The Morgan fingerprint density at radius 1 is 0.968 bits per heavy atom. The number of H-pyrrole nitrogens is 1. The molecule has 0 bridgehead atoms. The summed E-state index contributed by atoms with van der Waals surface area (Å²) in [5.41, 5.74) is 6.60. The fourth-order valence-corrected chi connectivity index (χ4v) is 1.88. The first-order valence-corrected chi connectivity index (χ1v) is 10.4. The highest BCUT2D eigenvalue weighted by molar-refractivity contribution is 14.1. The highest BCUT2D eigenvalue weighted by Crippen LogP contribution is 1.96. The third-order valence-electron chi connectivity index (χ3n) is 3.16. The number of rotatable bonds is 7. The SMILES string of the molecule is CCCI.[2H]C([2H])([2H])C([2H])([2H])C([2H])([2H])n1c(N)cc(=O)[nH]c1=O.[2H]C([2H])([2H])C([2H])([2H])C([2H])([2H])n1c(N)cc(=O)n(CCC)c1=O. The van der Waals surface area contributed by atoms with E-state index in [0.717, 1.165) is 6.07 Å². The van der Waals surface area contributed by atoms with E-state index in [1.54, 1.807) is 11.9 Å². The lowest BCUT2D eigenvalue weighted by molar-refractivity contribution is 0.546. The molecule has 0 aromatic carbocycles. The third-order valence-corrected chi connectivity index (χ3v) is 4.24. The number of nitrogens with two attached hydrogens (primary N) is 2. The van der Waals surface area contributed by atoms with Gasteiger partial charge in [-0.15, -0.1) is 0 Å². The van der Waals surface area contributed by atoms with Crippen molar-refractivity contribution < 1.29 is 19.2 Å². The van der Waals surface area contributed by atoms with Gasteiger partial charge in [-0.2, -0.15) is 0 Å². The Labute approximate surface area is 215 Å². The van der Waals surface area contributed by atoms with Crippen molar-refractivity contribution in [2.45, 2.75) is 72.7 Å². The largest absolute Gasteiger partial charge is 0.385 e. The Hall–Kier alpha value is -2.31. The first kappa shape index (κ1) is 12.7. The Morgan fingerprint density at radius 3 is 2.00 bits per heavy atom. The van der Waals surface area contributed by atoms with Crippen LogP contribution in [0, 0.1) is 0 Å². The van der Waals surface area contributed by atoms with Gasteiger partial charge in [-0.1, -0.05) is 50.1 Å². The van der Waals surface area contributed by atoms with Gasteiger partial charge in [-0.25, -0.2) is 9.59 Å². The van der Waals surface area contributed by atoms with Crippen molar-refractivity contribution in [3.8, 4) is 0 Å². The average Bonchev–Trinajstić information content (AvgIpc) is 2.84. The van der Waals surface area contributed by atoms with Crippen molar-refractivity contribution in [2.75, 3.05) is 15.9 Å². The van der Waals surface area contributed by atoms with E-state index >= 15 is 0 Å². The molecular weight excluding hydrogens is 515 g/mol.